The average molecular weight is 407 g/mol. The van der Waals surface area contributed by atoms with Crippen LogP contribution in [0.3, 0.4) is 0 Å². The zero-order chi connectivity index (χ0) is 21.9. The Bertz CT molecular complexity index is 925. The number of nitriles is 1. The van der Waals surface area contributed by atoms with E-state index in [1.807, 2.05) is 24.3 Å². The maximum absolute atomic E-state index is 13.0. The summed E-state index contributed by atoms with van der Waals surface area (Å²) in [5, 5.41) is 12.7. The van der Waals surface area contributed by atoms with E-state index in [9.17, 15) is 14.9 Å². The van der Waals surface area contributed by atoms with Gasteiger partial charge >= 0.3 is 5.97 Å². The molecule has 3 unspecified atom stereocenters. The molecule has 0 spiro atoms. The van der Waals surface area contributed by atoms with Gasteiger partial charge in [0.05, 0.1) is 6.61 Å². The van der Waals surface area contributed by atoms with E-state index in [4.69, 9.17) is 4.74 Å². The Morgan fingerprint density at radius 2 is 2.00 bits per heavy atom. The molecule has 0 radical (unpaired) electrons. The van der Waals surface area contributed by atoms with Crippen LogP contribution in [-0.4, -0.2) is 18.5 Å². The fourth-order valence-corrected chi connectivity index (χ4v) is 5.03. The zero-order valence-electron chi connectivity index (χ0n) is 18.2. The highest BCUT2D eigenvalue weighted by Gasteiger charge is 2.50. The van der Waals surface area contributed by atoms with Crippen molar-refractivity contribution in [3.63, 3.8) is 0 Å². The second-order valence-corrected chi connectivity index (χ2v) is 8.71. The van der Waals surface area contributed by atoms with Gasteiger partial charge in [-0.1, -0.05) is 39.0 Å². The van der Waals surface area contributed by atoms with Gasteiger partial charge in [0.2, 0.25) is 0 Å². The first-order valence-electron chi connectivity index (χ1n) is 10.7. The molecule has 1 aromatic carbocycles. The Kier molecular flexibility index (Phi) is 6.45. The largest absolute Gasteiger partial charge is 0.462 e. The van der Waals surface area contributed by atoms with Gasteiger partial charge in [-0.3, -0.25) is 4.79 Å². The third kappa shape index (κ3) is 4.05. The van der Waals surface area contributed by atoms with E-state index >= 15 is 0 Å². The maximum Gasteiger partial charge on any atom is 0.348 e. The number of benzene rings is 1. The van der Waals surface area contributed by atoms with E-state index in [2.05, 4.69) is 26.1 Å². The molecule has 1 saturated carbocycles. The van der Waals surface area contributed by atoms with Gasteiger partial charge in [-0.2, -0.15) is 5.26 Å². The lowest BCUT2D eigenvalue weighted by molar-refractivity contribution is -0.138. The van der Waals surface area contributed by atoms with Crippen molar-refractivity contribution >= 4 is 11.9 Å². The molecule has 5 nitrogen and oxygen atoms in total. The smallest absolute Gasteiger partial charge is 0.348 e. The molecule has 4 atom stereocenters. The van der Waals surface area contributed by atoms with Crippen molar-refractivity contribution in [2.24, 2.45) is 23.2 Å². The maximum atomic E-state index is 13.0. The van der Waals surface area contributed by atoms with Gasteiger partial charge < -0.3 is 10.1 Å². The number of nitrogens with one attached hydrogen (secondary N) is 1. The molecule has 1 fully saturated rings. The van der Waals surface area contributed by atoms with Crippen LogP contribution < -0.4 is 5.32 Å². The van der Waals surface area contributed by atoms with Crippen LogP contribution >= 0.6 is 0 Å². The van der Waals surface area contributed by atoms with Crippen LogP contribution in [0.4, 0.5) is 0 Å². The van der Waals surface area contributed by atoms with Crippen LogP contribution in [0.25, 0.3) is 0 Å². The fourth-order valence-electron chi connectivity index (χ4n) is 5.03. The number of hydrogen-bond donors (Lipinski definition) is 1. The molecule has 1 aromatic rings. The third-order valence-corrected chi connectivity index (χ3v) is 7.01. The lowest BCUT2D eigenvalue weighted by atomic mass is 9.60. The minimum Gasteiger partial charge on any atom is -0.462 e. The standard InChI is InChI=1S/C25H30N2O3/c1-5-30-24(29)20(15-26)13-19-14-21-17(3)16(2)11-12-25(21,4)22(19)27-23(28)18-9-7-6-8-10-18/h6-10,13,16-17,21H,5,11-12,14H2,1-4H3,(H,27,28)/b20-13-/t16?,17?,21?,25-/m0/s1. The predicted molar refractivity (Wildman–Crippen MR) is 115 cm³/mol. The van der Waals surface area contributed by atoms with E-state index in [0.717, 1.165) is 30.5 Å². The number of carbonyl (C=O) groups is 2. The van der Waals surface area contributed by atoms with E-state index < -0.39 is 5.97 Å². The number of allylic oxidation sites excluding steroid dienone is 3. The first kappa shape index (κ1) is 21.8. The number of esters is 1. The molecule has 2 aliphatic rings. The van der Waals surface area contributed by atoms with Gasteiger partial charge in [-0.05, 0) is 67.7 Å². The van der Waals surface area contributed by atoms with Crippen molar-refractivity contribution in [3.05, 3.63) is 58.8 Å². The zero-order valence-corrected chi connectivity index (χ0v) is 18.2. The summed E-state index contributed by atoms with van der Waals surface area (Å²) in [5.41, 5.74) is 2.07. The summed E-state index contributed by atoms with van der Waals surface area (Å²) in [7, 11) is 0. The molecule has 0 heterocycles. The summed E-state index contributed by atoms with van der Waals surface area (Å²) in [6.07, 6.45) is 4.40. The normalized spacial score (nSPS) is 28.5. The molecule has 0 aromatic heterocycles. The summed E-state index contributed by atoms with van der Waals surface area (Å²) in [4.78, 5) is 25.2. The molecule has 0 aliphatic heterocycles. The Balaban J connectivity index is 2.04. The number of nitrogens with zero attached hydrogens (tertiary/aromatic N) is 1. The van der Waals surface area contributed by atoms with Crippen molar-refractivity contribution < 1.29 is 14.3 Å². The fraction of sp³-hybridized carbons (Fsp3) is 0.480. The third-order valence-electron chi connectivity index (χ3n) is 7.01. The van der Waals surface area contributed by atoms with Crippen LogP contribution in [0, 0.1) is 34.5 Å². The van der Waals surface area contributed by atoms with E-state index in [1.54, 1.807) is 25.1 Å². The van der Waals surface area contributed by atoms with Gasteiger partial charge in [-0.15, -0.1) is 0 Å². The number of carbonyl (C=O) groups excluding carboxylic acids is 2. The molecule has 1 N–H and O–H groups in total. The van der Waals surface area contributed by atoms with E-state index in [0.29, 0.717) is 23.3 Å². The molecular weight excluding hydrogens is 376 g/mol. The molecule has 0 bridgehead atoms. The van der Waals surface area contributed by atoms with Gasteiger partial charge in [0.25, 0.3) is 5.91 Å². The summed E-state index contributed by atoms with van der Waals surface area (Å²) in [6, 6.07) is 11.1. The molecule has 2 aliphatic carbocycles. The Hall–Kier alpha value is -2.87. The van der Waals surface area contributed by atoms with Crippen LogP contribution in [0.5, 0.6) is 0 Å². The number of ether oxygens (including phenoxy) is 1. The van der Waals surface area contributed by atoms with Gasteiger partial charge in [-0.25, -0.2) is 4.79 Å². The quantitative estimate of drug-likeness (QED) is 0.434. The van der Waals surface area contributed by atoms with Crippen LogP contribution in [0.15, 0.2) is 53.3 Å². The number of hydrogen-bond acceptors (Lipinski definition) is 4. The minimum atomic E-state index is -0.623. The highest BCUT2D eigenvalue weighted by molar-refractivity contribution is 5.96. The molecular formula is C25H30N2O3. The van der Waals surface area contributed by atoms with Crippen molar-refractivity contribution in [1.29, 1.82) is 5.26 Å². The number of rotatable bonds is 5. The summed E-state index contributed by atoms with van der Waals surface area (Å²) in [6.45, 7) is 8.68. The summed E-state index contributed by atoms with van der Waals surface area (Å²) >= 11 is 0. The van der Waals surface area contributed by atoms with Gasteiger partial charge in [0.15, 0.2) is 0 Å². The van der Waals surface area contributed by atoms with Crippen LogP contribution in [-0.2, 0) is 9.53 Å². The van der Waals surface area contributed by atoms with Crippen molar-refractivity contribution in [2.75, 3.05) is 6.61 Å². The second-order valence-electron chi connectivity index (χ2n) is 8.71. The van der Waals surface area contributed by atoms with E-state index in [-0.39, 0.29) is 23.5 Å². The molecule has 3 rings (SSSR count). The van der Waals surface area contributed by atoms with Gasteiger partial charge in [0, 0.05) is 16.7 Å². The average Bonchev–Trinajstić information content (AvgIpc) is 3.02. The van der Waals surface area contributed by atoms with E-state index in [1.165, 1.54) is 0 Å². The highest BCUT2D eigenvalue weighted by atomic mass is 16.5. The Labute approximate surface area is 178 Å². The lowest BCUT2D eigenvalue weighted by Gasteiger charge is -2.45. The lowest BCUT2D eigenvalue weighted by Crippen LogP contribution is -2.42. The predicted octanol–water partition coefficient (Wildman–Crippen LogP) is 4.78. The molecule has 158 valence electrons. The number of amides is 1. The molecule has 30 heavy (non-hydrogen) atoms. The summed E-state index contributed by atoms with van der Waals surface area (Å²) in [5.74, 6) is 0.632. The second kappa shape index (κ2) is 8.87. The van der Waals surface area contributed by atoms with Crippen molar-refractivity contribution in [1.82, 2.24) is 5.32 Å². The van der Waals surface area contributed by atoms with Gasteiger partial charge in [0.1, 0.15) is 11.6 Å². The number of fused-ring (bicyclic) bond motifs is 1. The van der Waals surface area contributed by atoms with Crippen molar-refractivity contribution in [3.8, 4) is 6.07 Å². The first-order chi connectivity index (χ1) is 14.3. The topological polar surface area (TPSA) is 79.2 Å². The molecule has 0 saturated heterocycles. The Morgan fingerprint density at radius 1 is 1.30 bits per heavy atom. The molecule has 1 amide bonds. The van der Waals surface area contributed by atoms with Crippen LogP contribution in [0.1, 0.15) is 57.3 Å². The highest BCUT2D eigenvalue weighted by Crippen LogP contribution is 2.58. The summed E-state index contributed by atoms with van der Waals surface area (Å²) < 4.78 is 5.03. The first-order valence-corrected chi connectivity index (χ1v) is 10.7. The molecule has 5 heteroatoms. The minimum absolute atomic E-state index is 0.0266. The van der Waals surface area contributed by atoms with Crippen LogP contribution in [0.2, 0.25) is 0 Å². The Morgan fingerprint density at radius 3 is 2.63 bits per heavy atom. The SMILES string of the molecule is CCOC(=O)/C(C#N)=C\C1=C(NC(=O)c2ccccc2)[C@@]2(C)CCC(C)C(C)C2C1. The van der Waals surface area contributed by atoms with Crippen molar-refractivity contribution in [2.45, 2.75) is 47.0 Å². The monoisotopic (exact) mass is 406 g/mol.